The molecular formula is C12H16N4O. The number of nitrogens with zero attached hydrogens (tertiary/aromatic N) is 3. The van der Waals surface area contributed by atoms with E-state index in [1.54, 1.807) is 0 Å². The molecule has 2 N–H and O–H groups in total. The van der Waals surface area contributed by atoms with Gasteiger partial charge in [0.25, 0.3) is 0 Å². The summed E-state index contributed by atoms with van der Waals surface area (Å²) in [6.07, 6.45) is -0.412. The molecule has 0 saturated heterocycles. The number of aromatic nitrogens is 3. The van der Waals surface area contributed by atoms with Crippen molar-refractivity contribution in [1.82, 2.24) is 15.2 Å². The van der Waals surface area contributed by atoms with E-state index in [1.807, 2.05) is 38.1 Å². The second kappa shape index (κ2) is 5.05. The lowest BCUT2D eigenvalue weighted by Crippen LogP contribution is -2.25. The molecule has 17 heavy (non-hydrogen) atoms. The van der Waals surface area contributed by atoms with Gasteiger partial charge in [0, 0.05) is 6.54 Å². The van der Waals surface area contributed by atoms with Crippen LogP contribution in [0.15, 0.2) is 24.3 Å². The van der Waals surface area contributed by atoms with Crippen LogP contribution < -0.4 is 5.32 Å². The average Bonchev–Trinajstić information content (AvgIpc) is 2.35. The molecular weight excluding hydrogens is 216 g/mol. The van der Waals surface area contributed by atoms with Crippen molar-refractivity contribution < 1.29 is 5.11 Å². The van der Waals surface area contributed by atoms with Gasteiger partial charge in [0.1, 0.15) is 5.52 Å². The zero-order chi connectivity index (χ0) is 12.3. The fourth-order valence-electron chi connectivity index (χ4n) is 1.39. The first-order valence-corrected chi connectivity index (χ1v) is 5.68. The number of benzene rings is 1. The van der Waals surface area contributed by atoms with E-state index in [2.05, 4.69) is 20.5 Å². The van der Waals surface area contributed by atoms with E-state index < -0.39 is 6.10 Å². The van der Waals surface area contributed by atoms with Crippen molar-refractivity contribution in [1.29, 1.82) is 0 Å². The number of hydrogen-bond donors (Lipinski definition) is 2. The molecule has 0 amide bonds. The average molecular weight is 232 g/mol. The Morgan fingerprint density at radius 2 is 1.88 bits per heavy atom. The minimum atomic E-state index is -0.412. The summed E-state index contributed by atoms with van der Waals surface area (Å²) in [6.45, 7) is 4.36. The summed E-state index contributed by atoms with van der Waals surface area (Å²) >= 11 is 0. The number of rotatable bonds is 4. The molecule has 0 aliphatic heterocycles. The highest BCUT2D eigenvalue weighted by atomic mass is 16.3. The van der Waals surface area contributed by atoms with Crippen LogP contribution in [0.5, 0.6) is 0 Å². The molecule has 2 rings (SSSR count). The summed E-state index contributed by atoms with van der Waals surface area (Å²) in [5.74, 6) is 0.652. The maximum absolute atomic E-state index is 9.66. The van der Waals surface area contributed by atoms with Crippen LogP contribution in [-0.2, 0) is 0 Å². The van der Waals surface area contributed by atoms with Crippen molar-refractivity contribution in [2.24, 2.45) is 5.92 Å². The number of fused-ring (bicyclic) bond motifs is 1. The van der Waals surface area contributed by atoms with E-state index in [4.69, 9.17) is 0 Å². The lowest BCUT2D eigenvalue weighted by Gasteiger charge is -2.14. The highest BCUT2D eigenvalue weighted by Crippen LogP contribution is 2.09. The van der Waals surface area contributed by atoms with Gasteiger partial charge in [-0.2, -0.15) is 0 Å². The lowest BCUT2D eigenvalue weighted by atomic mass is 10.1. The predicted molar refractivity (Wildman–Crippen MR) is 66.7 cm³/mol. The molecule has 1 atom stereocenters. The van der Waals surface area contributed by atoms with Crippen LogP contribution in [0, 0.1) is 5.92 Å². The van der Waals surface area contributed by atoms with Gasteiger partial charge in [0.05, 0.1) is 11.6 Å². The third kappa shape index (κ3) is 2.88. The zero-order valence-electron chi connectivity index (χ0n) is 9.96. The Kier molecular flexibility index (Phi) is 3.49. The summed E-state index contributed by atoms with van der Waals surface area (Å²) in [4.78, 5) is 4.31. The van der Waals surface area contributed by atoms with Crippen LogP contribution in [0.1, 0.15) is 13.8 Å². The fraction of sp³-hybridized carbons (Fsp3) is 0.417. The molecule has 0 bridgehead atoms. The molecule has 0 aliphatic carbocycles. The fourth-order valence-corrected chi connectivity index (χ4v) is 1.39. The number of aliphatic hydroxyl groups is 1. The molecule has 0 saturated carbocycles. The van der Waals surface area contributed by atoms with E-state index in [9.17, 15) is 5.11 Å². The molecule has 5 nitrogen and oxygen atoms in total. The van der Waals surface area contributed by atoms with Crippen molar-refractivity contribution in [3.63, 3.8) is 0 Å². The third-order valence-corrected chi connectivity index (χ3v) is 2.60. The molecule has 0 aliphatic rings. The highest BCUT2D eigenvalue weighted by Gasteiger charge is 2.09. The van der Waals surface area contributed by atoms with E-state index in [-0.39, 0.29) is 5.92 Å². The Balaban J connectivity index is 2.09. The molecule has 1 heterocycles. The number of anilines is 1. The smallest absolute Gasteiger partial charge is 0.243 e. The highest BCUT2D eigenvalue weighted by molar-refractivity contribution is 5.73. The summed E-state index contributed by atoms with van der Waals surface area (Å²) in [7, 11) is 0. The van der Waals surface area contributed by atoms with Gasteiger partial charge >= 0.3 is 0 Å². The molecule has 0 radical (unpaired) electrons. The maximum atomic E-state index is 9.66. The lowest BCUT2D eigenvalue weighted by molar-refractivity contribution is 0.137. The molecule has 1 unspecified atom stereocenters. The van der Waals surface area contributed by atoms with E-state index in [1.165, 1.54) is 0 Å². The number of nitrogens with one attached hydrogen (secondary N) is 1. The predicted octanol–water partition coefficient (Wildman–Crippen LogP) is 1.45. The van der Waals surface area contributed by atoms with Gasteiger partial charge in [-0.3, -0.25) is 0 Å². The number of para-hydroxylation sites is 1. The van der Waals surface area contributed by atoms with Crippen molar-refractivity contribution in [2.75, 3.05) is 11.9 Å². The standard InChI is InChI=1S/C12H16N4O/c1-8(2)11(17)7-13-12-14-9-5-3-4-6-10(9)15-16-12/h3-6,8,11,17H,7H2,1-2H3,(H,13,14,16). The molecule has 90 valence electrons. The summed E-state index contributed by atoms with van der Waals surface area (Å²) in [5, 5.41) is 20.6. The van der Waals surface area contributed by atoms with Crippen LogP contribution in [0.25, 0.3) is 11.0 Å². The Labute approximate surface area is 99.9 Å². The second-order valence-corrected chi connectivity index (χ2v) is 4.32. The van der Waals surface area contributed by atoms with Crippen LogP contribution in [-0.4, -0.2) is 32.9 Å². The van der Waals surface area contributed by atoms with Gasteiger partial charge in [-0.1, -0.05) is 26.0 Å². The first kappa shape index (κ1) is 11.7. The van der Waals surface area contributed by atoms with Gasteiger partial charge in [0.2, 0.25) is 5.95 Å². The van der Waals surface area contributed by atoms with Gasteiger partial charge in [-0.25, -0.2) is 4.98 Å². The summed E-state index contributed by atoms with van der Waals surface area (Å²) < 4.78 is 0. The topological polar surface area (TPSA) is 70.9 Å². The summed E-state index contributed by atoms with van der Waals surface area (Å²) in [5.41, 5.74) is 1.56. The van der Waals surface area contributed by atoms with Gasteiger partial charge in [-0.15, -0.1) is 10.2 Å². The van der Waals surface area contributed by atoms with Crippen molar-refractivity contribution in [3.8, 4) is 0 Å². The molecule has 0 fully saturated rings. The number of aliphatic hydroxyl groups excluding tert-OH is 1. The van der Waals surface area contributed by atoms with Crippen molar-refractivity contribution >= 4 is 17.0 Å². The first-order chi connectivity index (χ1) is 8.16. The molecule has 1 aromatic carbocycles. The quantitative estimate of drug-likeness (QED) is 0.835. The van der Waals surface area contributed by atoms with Gasteiger partial charge in [-0.05, 0) is 18.1 Å². The second-order valence-electron chi connectivity index (χ2n) is 4.32. The molecule has 2 aromatic rings. The van der Waals surface area contributed by atoms with E-state index >= 15 is 0 Å². The molecule has 0 spiro atoms. The summed E-state index contributed by atoms with van der Waals surface area (Å²) in [6, 6.07) is 7.55. The van der Waals surface area contributed by atoms with Crippen LogP contribution in [0.4, 0.5) is 5.95 Å². The van der Waals surface area contributed by atoms with E-state index in [0.717, 1.165) is 11.0 Å². The normalized spacial score (nSPS) is 12.9. The Morgan fingerprint density at radius 3 is 2.59 bits per heavy atom. The first-order valence-electron chi connectivity index (χ1n) is 5.68. The van der Waals surface area contributed by atoms with Crippen molar-refractivity contribution in [3.05, 3.63) is 24.3 Å². The Bertz CT molecular complexity index is 501. The SMILES string of the molecule is CC(C)C(O)CNc1nnc2ccccc2n1. The largest absolute Gasteiger partial charge is 0.391 e. The van der Waals surface area contributed by atoms with Crippen LogP contribution in [0.3, 0.4) is 0 Å². The minimum Gasteiger partial charge on any atom is -0.391 e. The van der Waals surface area contributed by atoms with E-state index in [0.29, 0.717) is 12.5 Å². The molecule has 1 aromatic heterocycles. The number of hydrogen-bond acceptors (Lipinski definition) is 5. The zero-order valence-corrected chi connectivity index (χ0v) is 9.96. The van der Waals surface area contributed by atoms with Gasteiger partial charge < -0.3 is 10.4 Å². The minimum absolute atomic E-state index is 0.205. The Morgan fingerprint density at radius 1 is 1.18 bits per heavy atom. The van der Waals surface area contributed by atoms with Crippen molar-refractivity contribution in [2.45, 2.75) is 20.0 Å². The third-order valence-electron chi connectivity index (χ3n) is 2.60. The van der Waals surface area contributed by atoms with Crippen LogP contribution in [0.2, 0.25) is 0 Å². The molecule has 5 heteroatoms. The Hall–Kier alpha value is -1.75. The van der Waals surface area contributed by atoms with Crippen LogP contribution >= 0.6 is 0 Å². The maximum Gasteiger partial charge on any atom is 0.243 e. The van der Waals surface area contributed by atoms with Gasteiger partial charge in [0.15, 0.2) is 0 Å². The monoisotopic (exact) mass is 232 g/mol.